The van der Waals surface area contributed by atoms with Crippen molar-refractivity contribution >= 4 is 5.91 Å². The van der Waals surface area contributed by atoms with Crippen LogP contribution in [0.4, 0.5) is 8.78 Å². The normalized spacial score (nSPS) is 10.4. The molecular weight excluding hydrogens is 270 g/mol. The van der Waals surface area contributed by atoms with Gasteiger partial charge in [0, 0.05) is 18.2 Å². The van der Waals surface area contributed by atoms with Gasteiger partial charge < -0.3 is 20.5 Å². The number of carbonyl (C=O) groups is 1. The van der Waals surface area contributed by atoms with E-state index in [4.69, 9.17) is 10.5 Å². The van der Waals surface area contributed by atoms with Crippen molar-refractivity contribution in [3.8, 4) is 11.5 Å². The number of alkyl halides is 2. The number of amides is 1. The standard InChI is InChI=1S/C13H18F2N2O3/c1-2-5-19-10-4-3-9(8-17-12(18)7-16)11(6-10)20-13(14)15/h3-4,6,13H,2,5,7-8,16H2,1H3,(H,17,18). The second-order valence-corrected chi connectivity index (χ2v) is 3.98. The summed E-state index contributed by atoms with van der Waals surface area (Å²) in [7, 11) is 0. The number of halogens is 2. The Labute approximate surface area is 116 Å². The van der Waals surface area contributed by atoms with E-state index < -0.39 is 6.61 Å². The lowest BCUT2D eigenvalue weighted by Crippen LogP contribution is -2.29. The fraction of sp³-hybridized carbons (Fsp3) is 0.462. The Kier molecular flexibility index (Phi) is 6.72. The van der Waals surface area contributed by atoms with Gasteiger partial charge in [-0.05, 0) is 18.6 Å². The molecule has 1 aromatic rings. The van der Waals surface area contributed by atoms with Crippen LogP contribution in [0.2, 0.25) is 0 Å². The molecule has 0 unspecified atom stereocenters. The first kappa shape index (κ1) is 16.2. The lowest BCUT2D eigenvalue weighted by atomic mass is 10.2. The van der Waals surface area contributed by atoms with E-state index in [-0.39, 0.29) is 24.7 Å². The zero-order valence-corrected chi connectivity index (χ0v) is 11.2. The fourth-order valence-corrected chi connectivity index (χ4v) is 1.46. The monoisotopic (exact) mass is 288 g/mol. The Hall–Kier alpha value is -1.89. The highest BCUT2D eigenvalue weighted by Gasteiger charge is 2.12. The van der Waals surface area contributed by atoms with Gasteiger partial charge in [-0.15, -0.1) is 0 Å². The smallest absolute Gasteiger partial charge is 0.387 e. The summed E-state index contributed by atoms with van der Waals surface area (Å²) in [5, 5.41) is 2.50. The summed E-state index contributed by atoms with van der Waals surface area (Å²) in [4.78, 5) is 11.1. The molecule has 0 aliphatic heterocycles. The van der Waals surface area contributed by atoms with Crippen LogP contribution in [0.1, 0.15) is 18.9 Å². The molecule has 5 nitrogen and oxygen atoms in total. The predicted molar refractivity (Wildman–Crippen MR) is 69.8 cm³/mol. The summed E-state index contributed by atoms with van der Waals surface area (Å²) in [6.45, 7) is -0.625. The third-order valence-corrected chi connectivity index (χ3v) is 2.39. The molecule has 0 spiro atoms. The highest BCUT2D eigenvalue weighted by Crippen LogP contribution is 2.26. The summed E-state index contributed by atoms with van der Waals surface area (Å²) in [6.07, 6.45) is 0.805. The van der Waals surface area contributed by atoms with Crippen LogP contribution in [0.5, 0.6) is 11.5 Å². The number of carbonyl (C=O) groups excluding carboxylic acids is 1. The molecule has 0 radical (unpaired) electrons. The van der Waals surface area contributed by atoms with Crippen LogP contribution >= 0.6 is 0 Å². The molecule has 0 saturated carbocycles. The highest BCUT2D eigenvalue weighted by atomic mass is 19.3. The molecule has 0 bridgehead atoms. The zero-order valence-electron chi connectivity index (χ0n) is 11.2. The lowest BCUT2D eigenvalue weighted by molar-refractivity contribution is -0.119. The van der Waals surface area contributed by atoms with E-state index >= 15 is 0 Å². The molecule has 3 N–H and O–H groups in total. The van der Waals surface area contributed by atoms with Crippen molar-refractivity contribution in [1.29, 1.82) is 0 Å². The highest BCUT2D eigenvalue weighted by molar-refractivity contribution is 5.77. The summed E-state index contributed by atoms with van der Waals surface area (Å²) in [5.74, 6) is 0.0432. The van der Waals surface area contributed by atoms with Crippen molar-refractivity contribution in [3.63, 3.8) is 0 Å². The Bertz CT molecular complexity index is 442. The molecule has 20 heavy (non-hydrogen) atoms. The molecule has 0 fully saturated rings. The Balaban J connectivity index is 2.82. The van der Waals surface area contributed by atoms with Gasteiger partial charge in [0.05, 0.1) is 13.2 Å². The minimum Gasteiger partial charge on any atom is -0.493 e. The average molecular weight is 288 g/mol. The van der Waals surface area contributed by atoms with Crippen LogP contribution in [0, 0.1) is 0 Å². The van der Waals surface area contributed by atoms with Crippen molar-refractivity contribution in [1.82, 2.24) is 5.32 Å². The minimum atomic E-state index is -2.94. The average Bonchev–Trinajstić information content (AvgIpc) is 2.43. The molecule has 112 valence electrons. The van der Waals surface area contributed by atoms with Crippen LogP contribution < -0.4 is 20.5 Å². The second-order valence-electron chi connectivity index (χ2n) is 3.98. The van der Waals surface area contributed by atoms with Gasteiger partial charge in [-0.3, -0.25) is 4.79 Å². The van der Waals surface area contributed by atoms with Crippen molar-refractivity contribution < 1.29 is 23.0 Å². The van der Waals surface area contributed by atoms with Gasteiger partial charge in [0.1, 0.15) is 11.5 Å². The Morgan fingerprint density at radius 2 is 2.20 bits per heavy atom. The van der Waals surface area contributed by atoms with Gasteiger partial charge in [0.15, 0.2) is 0 Å². The topological polar surface area (TPSA) is 73.6 Å². The third-order valence-electron chi connectivity index (χ3n) is 2.39. The molecule has 1 aromatic carbocycles. The number of rotatable bonds is 8. The molecular formula is C13H18F2N2O3. The Morgan fingerprint density at radius 3 is 2.80 bits per heavy atom. The van der Waals surface area contributed by atoms with Gasteiger partial charge in [-0.25, -0.2) is 0 Å². The molecule has 1 rings (SSSR count). The molecule has 1 amide bonds. The minimum absolute atomic E-state index is 0.0223. The number of ether oxygens (including phenoxy) is 2. The third kappa shape index (κ3) is 5.40. The number of benzene rings is 1. The van der Waals surface area contributed by atoms with Crippen molar-refractivity contribution in [3.05, 3.63) is 23.8 Å². The number of hydrogen-bond acceptors (Lipinski definition) is 4. The summed E-state index contributed by atoms with van der Waals surface area (Å²) in [6, 6.07) is 4.59. The zero-order chi connectivity index (χ0) is 15.0. The van der Waals surface area contributed by atoms with E-state index in [1.807, 2.05) is 6.92 Å². The Morgan fingerprint density at radius 1 is 1.45 bits per heavy atom. The fourth-order valence-electron chi connectivity index (χ4n) is 1.46. The first-order chi connectivity index (χ1) is 9.56. The second kappa shape index (κ2) is 8.31. The first-order valence-electron chi connectivity index (χ1n) is 6.24. The van der Waals surface area contributed by atoms with Crippen molar-refractivity contribution in [2.24, 2.45) is 5.73 Å². The van der Waals surface area contributed by atoms with E-state index in [0.717, 1.165) is 6.42 Å². The van der Waals surface area contributed by atoms with E-state index in [0.29, 0.717) is 17.9 Å². The van der Waals surface area contributed by atoms with Crippen LogP contribution in [-0.2, 0) is 11.3 Å². The molecule has 0 heterocycles. The number of nitrogens with two attached hydrogens (primary N) is 1. The largest absolute Gasteiger partial charge is 0.493 e. The predicted octanol–water partition coefficient (Wildman–Crippen LogP) is 1.65. The molecule has 0 saturated heterocycles. The van der Waals surface area contributed by atoms with Gasteiger partial charge >= 0.3 is 6.61 Å². The van der Waals surface area contributed by atoms with Gasteiger partial charge in [0.25, 0.3) is 0 Å². The summed E-state index contributed by atoms with van der Waals surface area (Å²) < 4.78 is 34.5. The van der Waals surface area contributed by atoms with Crippen LogP contribution in [-0.4, -0.2) is 25.7 Å². The van der Waals surface area contributed by atoms with Crippen LogP contribution in [0.25, 0.3) is 0 Å². The molecule has 0 aliphatic rings. The summed E-state index contributed by atoms with van der Waals surface area (Å²) >= 11 is 0. The number of nitrogens with one attached hydrogen (secondary N) is 1. The maximum atomic E-state index is 12.4. The maximum absolute atomic E-state index is 12.4. The van der Waals surface area contributed by atoms with Gasteiger partial charge in [-0.1, -0.05) is 6.92 Å². The van der Waals surface area contributed by atoms with Gasteiger partial charge in [-0.2, -0.15) is 8.78 Å². The molecule has 0 aromatic heterocycles. The van der Waals surface area contributed by atoms with E-state index in [9.17, 15) is 13.6 Å². The van der Waals surface area contributed by atoms with Gasteiger partial charge in [0.2, 0.25) is 5.91 Å². The molecule has 0 atom stereocenters. The van der Waals surface area contributed by atoms with Crippen LogP contribution in [0.15, 0.2) is 18.2 Å². The van der Waals surface area contributed by atoms with Crippen molar-refractivity contribution in [2.45, 2.75) is 26.5 Å². The van der Waals surface area contributed by atoms with E-state index in [1.165, 1.54) is 6.07 Å². The first-order valence-corrected chi connectivity index (χ1v) is 6.24. The SMILES string of the molecule is CCCOc1ccc(CNC(=O)CN)c(OC(F)F)c1. The lowest BCUT2D eigenvalue weighted by Gasteiger charge is -2.13. The van der Waals surface area contributed by atoms with Crippen molar-refractivity contribution in [2.75, 3.05) is 13.2 Å². The molecule has 0 aliphatic carbocycles. The summed E-state index contributed by atoms with van der Waals surface area (Å²) in [5.41, 5.74) is 5.58. The van der Waals surface area contributed by atoms with E-state index in [1.54, 1.807) is 12.1 Å². The molecule has 7 heteroatoms. The maximum Gasteiger partial charge on any atom is 0.387 e. The van der Waals surface area contributed by atoms with Crippen LogP contribution in [0.3, 0.4) is 0 Å². The quantitative estimate of drug-likeness (QED) is 0.763. The van der Waals surface area contributed by atoms with E-state index in [2.05, 4.69) is 10.1 Å². The number of hydrogen-bond donors (Lipinski definition) is 2.